The summed E-state index contributed by atoms with van der Waals surface area (Å²) in [6.45, 7) is 10.4. The van der Waals surface area contributed by atoms with Gasteiger partial charge in [0.25, 0.3) is 0 Å². The predicted octanol–water partition coefficient (Wildman–Crippen LogP) is 4.10. The van der Waals surface area contributed by atoms with Crippen molar-refractivity contribution in [2.45, 2.75) is 34.6 Å². The van der Waals surface area contributed by atoms with Crippen molar-refractivity contribution in [2.24, 2.45) is 0 Å². The normalized spacial score (nSPS) is 9.58. The largest absolute Gasteiger partial charge is 0.467 e. The summed E-state index contributed by atoms with van der Waals surface area (Å²) < 4.78 is 5.04. The molecule has 3 heteroatoms. The molecule has 1 aromatic heterocycles. The second kappa shape index (κ2) is 6.88. The lowest BCUT2D eigenvalue weighted by Gasteiger charge is -2.09. The van der Waals surface area contributed by atoms with E-state index in [-0.39, 0.29) is 0 Å². The van der Waals surface area contributed by atoms with Gasteiger partial charge >= 0.3 is 6.01 Å². The van der Waals surface area contributed by atoms with E-state index in [2.05, 4.69) is 42.9 Å². The molecular formula is C16H22N2O. The lowest BCUT2D eigenvalue weighted by molar-refractivity contribution is 0.380. The van der Waals surface area contributed by atoms with Crippen molar-refractivity contribution in [1.82, 2.24) is 9.97 Å². The van der Waals surface area contributed by atoms with E-state index in [1.165, 1.54) is 16.7 Å². The lowest BCUT2D eigenvalue weighted by Crippen LogP contribution is -1.94. The smallest absolute Gasteiger partial charge is 0.316 e. The van der Waals surface area contributed by atoms with E-state index in [9.17, 15) is 0 Å². The van der Waals surface area contributed by atoms with E-state index < -0.39 is 0 Å². The fourth-order valence-electron chi connectivity index (χ4n) is 1.78. The highest BCUT2D eigenvalue weighted by atomic mass is 16.5. The van der Waals surface area contributed by atoms with Gasteiger partial charge in [0.15, 0.2) is 0 Å². The average molecular weight is 258 g/mol. The third-order valence-electron chi connectivity index (χ3n) is 3.04. The van der Waals surface area contributed by atoms with Crippen LogP contribution in [0.1, 0.15) is 30.5 Å². The molecule has 0 fully saturated rings. The Kier molecular flexibility index (Phi) is 5.49. The van der Waals surface area contributed by atoms with Crippen LogP contribution < -0.4 is 4.74 Å². The zero-order chi connectivity index (χ0) is 14.4. The molecule has 0 amide bonds. The topological polar surface area (TPSA) is 35.0 Å². The van der Waals surface area contributed by atoms with Gasteiger partial charge in [-0.2, -0.15) is 4.98 Å². The average Bonchev–Trinajstić information content (AvgIpc) is 2.46. The van der Waals surface area contributed by atoms with Gasteiger partial charge in [0.2, 0.25) is 0 Å². The number of hydrogen-bond acceptors (Lipinski definition) is 3. The number of hydrogen-bond donors (Lipinski definition) is 0. The molecule has 2 rings (SSSR count). The maximum Gasteiger partial charge on any atom is 0.316 e. The predicted molar refractivity (Wildman–Crippen MR) is 79.6 cm³/mol. The minimum Gasteiger partial charge on any atom is -0.467 e. The molecule has 0 atom stereocenters. The Balaban J connectivity index is 0.000000861. The Hall–Kier alpha value is -1.90. The molecule has 3 nitrogen and oxygen atoms in total. The fraction of sp³-hybridized carbons (Fsp3) is 0.375. The number of aryl methyl sites for hydroxylation is 2. The maximum atomic E-state index is 5.04. The van der Waals surface area contributed by atoms with E-state index >= 15 is 0 Å². The second-order valence-electron chi connectivity index (χ2n) is 4.16. The quantitative estimate of drug-likeness (QED) is 0.813. The molecule has 1 aromatic carbocycles. The molecule has 0 radical (unpaired) electrons. The van der Waals surface area contributed by atoms with E-state index in [4.69, 9.17) is 4.74 Å². The molecule has 0 aliphatic carbocycles. The Labute approximate surface area is 115 Å². The van der Waals surface area contributed by atoms with Crippen LogP contribution >= 0.6 is 0 Å². The summed E-state index contributed by atoms with van der Waals surface area (Å²) in [5, 5.41) is 0. The minimum atomic E-state index is 0.401. The summed E-state index contributed by atoms with van der Waals surface area (Å²) in [6, 6.07) is 6.58. The monoisotopic (exact) mass is 258 g/mol. The number of methoxy groups -OCH3 is 1. The Morgan fingerprint density at radius 1 is 1.00 bits per heavy atom. The highest BCUT2D eigenvalue weighted by Gasteiger charge is 2.05. The Morgan fingerprint density at radius 3 is 2.11 bits per heavy atom. The molecule has 0 N–H and O–H groups in total. The molecule has 0 aliphatic heterocycles. The van der Waals surface area contributed by atoms with E-state index in [0.717, 1.165) is 11.3 Å². The van der Waals surface area contributed by atoms with Gasteiger partial charge < -0.3 is 4.74 Å². The van der Waals surface area contributed by atoms with Crippen LogP contribution in [0.4, 0.5) is 0 Å². The second-order valence-corrected chi connectivity index (χ2v) is 4.16. The first-order valence-corrected chi connectivity index (χ1v) is 6.57. The van der Waals surface area contributed by atoms with Crippen LogP contribution in [0.3, 0.4) is 0 Å². The van der Waals surface area contributed by atoms with Crippen molar-refractivity contribution in [3.8, 4) is 17.3 Å². The number of benzene rings is 1. The van der Waals surface area contributed by atoms with Gasteiger partial charge in [-0.25, -0.2) is 4.98 Å². The zero-order valence-electron chi connectivity index (χ0n) is 12.6. The summed E-state index contributed by atoms with van der Waals surface area (Å²) in [5.41, 5.74) is 5.87. The number of rotatable bonds is 2. The van der Waals surface area contributed by atoms with Gasteiger partial charge in [-0.15, -0.1) is 0 Å². The van der Waals surface area contributed by atoms with Crippen LogP contribution in [-0.2, 0) is 0 Å². The summed E-state index contributed by atoms with van der Waals surface area (Å²) in [5.74, 6) is 0. The first-order chi connectivity index (χ1) is 9.11. The highest BCUT2D eigenvalue weighted by molar-refractivity contribution is 5.62. The van der Waals surface area contributed by atoms with Gasteiger partial charge in [0, 0.05) is 11.8 Å². The molecule has 2 aromatic rings. The lowest BCUT2D eigenvalue weighted by atomic mass is 9.99. The molecule has 0 saturated heterocycles. The number of nitrogens with zero attached hydrogens (tertiary/aromatic N) is 2. The van der Waals surface area contributed by atoms with Crippen molar-refractivity contribution < 1.29 is 4.74 Å². The first-order valence-electron chi connectivity index (χ1n) is 6.57. The van der Waals surface area contributed by atoms with Crippen molar-refractivity contribution in [3.05, 3.63) is 41.1 Å². The van der Waals surface area contributed by atoms with Gasteiger partial charge in [-0.3, -0.25) is 0 Å². The van der Waals surface area contributed by atoms with Gasteiger partial charge in [0.1, 0.15) is 0 Å². The van der Waals surface area contributed by atoms with Gasteiger partial charge in [-0.1, -0.05) is 13.8 Å². The minimum absolute atomic E-state index is 0.401. The summed E-state index contributed by atoms with van der Waals surface area (Å²) in [6.07, 6.45) is 1.71. The number of ether oxygens (including phenoxy) is 1. The van der Waals surface area contributed by atoms with E-state index in [0.29, 0.717) is 6.01 Å². The maximum absolute atomic E-state index is 5.04. The van der Waals surface area contributed by atoms with Crippen LogP contribution in [0.2, 0.25) is 0 Å². The molecule has 0 bridgehead atoms. The van der Waals surface area contributed by atoms with Crippen molar-refractivity contribution in [1.29, 1.82) is 0 Å². The van der Waals surface area contributed by atoms with Crippen LogP contribution in [0, 0.1) is 20.8 Å². The molecule has 0 saturated carbocycles. The summed E-state index contributed by atoms with van der Waals surface area (Å²) >= 11 is 0. The zero-order valence-corrected chi connectivity index (χ0v) is 12.6. The SMILES string of the molecule is CC.COc1nccc(-c2cc(C)c(C)c(C)c2)n1. The van der Waals surface area contributed by atoms with Crippen LogP contribution in [-0.4, -0.2) is 17.1 Å². The van der Waals surface area contributed by atoms with Gasteiger partial charge in [-0.05, 0) is 55.7 Å². The molecule has 0 aliphatic rings. The molecular weight excluding hydrogens is 236 g/mol. The first kappa shape index (κ1) is 15.2. The van der Waals surface area contributed by atoms with E-state index in [1.54, 1.807) is 13.3 Å². The summed E-state index contributed by atoms with van der Waals surface area (Å²) in [7, 11) is 1.57. The fourth-order valence-corrected chi connectivity index (χ4v) is 1.78. The van der Waals surface area contributed by atoms with E-state index in [1.807, 2.05) is 19.9 Å². The van der Waals surface area contributed by atoms with Crippen molar-refractivity contribution in [2.75, 3.05) is 7.11 Å². The Morgan fingerprint density at radius 2 is 1.58 bits per heavy atom. The van der Waals surface area contributed by atoms with Crippen LogP contribution in [0.5, 0.6) is 6.01 Å². The van der Waals surface area contributed by atoms with Crippen LogP contribution in [0.25, 0.3) is 11.3 Å². The third kappa shape index (κ3) is 3.53. The van der Waals surface area contributed by atoms with Gasteiger partial charge in [0.05, 0.1) is 12.8 Å². The molecule has 0 unspecified atom stereocenters. The highest BCUT2D eigenvalue weighted by Crippen LogP contribution is 2.24. The van der Waals surface area contributed by atoms with Crippen molar-refractivity contribution in [3.63, 3.8) is 0 Å². The standard InChI is InChI=1S/C14H16N2O.C2H6/c1-9-7-12(8-10(2)11(9)3)13-5-6-15-14(16-13)17-4;1-2/h5-8H,1-4H3;1-2H3. The van der Waals surface area contributed by atoms with Crippen molar-refractivity contribution >= 4 is 0 Å². The third-order valence-corrected chi connectivity index (χ3v) is 3.04. The van der Waals surface area contributed by atoms with Crippen LogP contribution in [0.15, 0.2) is 24.4 Å². The molecule has 102 valence electrons. The summed E-state index contributed by atoms with van der Waals surface area (Å²) in [4.78, 5) is 8.35. The molecule has 19 heavy (non-hydrogen) atoms. The molecule has 0 spiro atoms. The Bertz CT molecular complexity index is 527. The molecule has 1 heterocycles. The number of aromatic nitrogens is 2.